The van der Waals surface area contributed by atoms with E-state index in [1.165, 1.54) is 12.1 Å². The largest absolute Gasteiger partial charge is 0.490 e. The Morgan fingerprint density at radius 2 is 1.73 bits per heavy atom. The van der Waals surface area contributed by atoms with Gasteiger partial charge in [0.2, 0.25) is 0 Å². The molecule has 7 heteroatoms. The van der Waals surface area contributed by atoms with Crippen molar-refractivity contribution in [2.45, 2.75) is 20.0 Å². The van der Waals surface area contributed by atoms with Gasteiger partial charge in [-0.15, -0.1) is 0 Å². The average Bonchev–Trinajstić information content (AvgIpc) is 3.10. The molecule has 0 aliphatic carbocycles. The minimum Gasteiger partial charge on any atom is -0.490 e. The highest BCUT2D eigenvalue weighted by Gasteiger charge is 2.22. The number of ether oxygens (including phenoxy) is 2. The number of hydrogen-bond donors (Lipinski definition) is 0. The van der Waals surface area contributed by atoms with Crippen molar-refractivity contribution in [1.82, 2.24) is 9.88 Å². The van der Waals surface area contributed by atoms with E-state index in [0.717, 1.165) is 24.2 Å². The first-order valence-corrected chi connectivity index (χ1v) is 11.2. The molecule has 1 amide bonds. The van der Waals surface area contributed by atoms with Crippen molar-refractivity contribution in [2.75, 3.05) is 37.7 Å². The van der Waals surface area contributed by atoms with E-state index in [2.05, 4.69) is 9.88 Å². The highest BCUT2D eigenvalue weighted by molar-refractivity contribution is 5.95. The normalized spacial score (nSPS) is 14.0. The molecule has 0 atom stereocenters. The summed E-state index contributed by atoms with van der Waals surface area (Å²) in [5.41, 5.74) is 2.55. The van der Waals surface area contributed by atoms with E-state index in [4.69, 9.17) is 9.47 Å². The van der Waals surface area contributed by atoms with E-state index in [-0.39, 0.29) is 11.7 Å². The molecule has 4 rings (SSSR count). The summed E-state index contributed by atoms with van der Waals surface area (Å²) in [5.74, 6) is 0.880. The third-order valence-electron chi connectivity index (χ3n) is 5.61. The van der Waals surface area contributed by atoms with Crippen LogP contribution in [-0.4, -0.2) is 48.6 Å². The highest BCUT2D eigenvalue weighted by Crippen LogP contribution is 2.30. The van der Waals surface area contributed by atoms with E-state index >= 15 is 0 Å². The van der Waals surface area contributed by atoms with Gasteiger partial charge in [0.05, 0.1) is 6.61 Å². The molecule has 0 unspecified atom stereocenters. The molecule has 1 fully saturated rings. The monoisotopic (exact) mass is 449 g/mol. The Kier molecular flexibility index (Phi) is 7.40. The molecule has 2 aromatic carbocycles. The molecule has 0 radical (unpaired) electrons. The van der Waals surface area contributed by atoms with Crippen LogP contribution in [0.25, 0.3) is 0 Å². The molecule has 1 saturated heterocycles. The Hall–Kier alpha value is -3.61. The SMILES string of the molecule is CCOc1cc(C(=O)N2CCCN(c3ccc(F)cc3)CC2)ccc1OCc1ccncc1. The van der Waals surface area contributed by atoms with Crippen molar-refractivity contribution in [3.8, 4) is 11.5 Å². The lowest BCUT2D eigenvalue weighted by Crippen LogP contribution is -2.35. The Balaban J connectivity index is 1.43. The quantitative estimate of drug-likeness (QED) is 0.530. The third kappa shape index (κ3) is 5.80. The zero-order chi connectivity index (χ0) is 23.0. The Labute approximate surface area is 193 Å². The number of rotatable bonds is 7. The van der Waals surface area contributed by atoms with Crippen LogP contribution in [-0.2, 0) is 6.61 Å². The maximum absolute atomic E-state index is 13.2. The van der Waals surface area contributed by atoms with Gasteiger partial charge in [-0.1, -0.05) is 0 Å². The topological polar surface area (TPSA) is 54.9 Å². The van der Waals surface area contributed by atoms with Crippen molar-refractivity contribution in [2.24, 2.45) is 0 Å². The predicted molar refractivity (Wildman–Crippen MR) is 125 cm³/mol. The summed E-state index contributed by atoms with van der Waals surface area (Å²) in [6.45, 7) is 5.55. The zero-order valence-corrected chi connectivity index (χ0v) is 18.7. The van der Waals surface area contributed by atoms with E-state index in [0.29, 0.717) is 49.9 Å². The molecule has 1 aliphatic heterocycles. The number of hydrogen-bond acceptors (Lipinski definition) is 5. The van der Waals surface area contributed by atoms with E-state index in [1.54, 1.807) is 42.7 Å². The summed E-state index contributed by atoms with van der Waals surface area (Å²) < 4.78 is 24.9. The second kappa shape index (κ2) is 10.8. The van der Waals surface area contributed by atoms with Gasteiger partial charge in [-0.3, -0.25) is 9.78 Å². The molecule has 2 heterocycles. The average molecular weight is 450 g/mol. The lowest BCUT2D eigenvalue weighted by atomic mass is 10.1. The summed E-state index contributed by atoms with van der Waals surface area (Å²) >= 11 is 0. The molecule has 3 aromatic rings. The minimum atomic E-state index is -0.247. The fourth-order valence-electron chi connectivity index (χ4n) is 3.88. The van der Waals surface area contributed by atoms with Crippen molar-refractivity contribution in [3.05, 3.63) is 83.9 Å². The number of carbonyl (C=O) groups is 1. The summed E-state index contributed by atoms with van der Waals surface area (Å²) in [7, 11) is 0. The van der Waals surface area contributed by atoms with Gasteiger partial charge in [-0.25, -0.2) is 4.39 Å². The first kappa shape index (κ1) is 22.6. The Morgan fingerprint density at radius 3 is 2.48 bits per heavy atom. The van der Waals surface area contributed by atoms with Gasteiger partial charge in [0, 0.05) is 49.8 Å². The number of halogens is 1. The maximum Gasteiger partial charge on any atom is 0.254 e. The van der Waals surface area contributed by atoms with Crippen LogP contribution >= 0.6 is 0 Å². The molecule has 0 N–H and O–H groups in total. The molecule has 1 aliphatic rings. The van der Waals surface area contributed by atoms with Gasteiger partial charge in [-0.2, -0.15) is 0 Å². The van der Waals surface area contributed by atoms with Crippen molar-refractivity contribution >= 4 is 11.6 Å². The number of nitrogens with zero attached hydrogens (tertiary/aromatic N) is 3. The van der Waals surface area contributed by atoms with Gasteiger partial charge in [0.1, 0.15) is 12.4 Å². The van der Waals surface area contributed by atoms with Crippen LogP contribution < -0.4 is 14.4 Å². The lowest BCUT2D eigenvalue weighted by Gasteiger charge is -2.24. The lowest BCUT2D eigenvalue weighted by molar-refractivity contribution is 0.0766. The van der Waals surface area contributed by atoms with Crippen LogP contribution in [0.5, 0.6) is 11.5 Å². The molecular weight excluding hydrogens is 421 g/mol. The van der Waals surface area contributed by atoms with Crippen LogP contribution in [0.15, 0.2) is 67.0 Å². The number of amides is 1. The Bertz CT molecular complexity index is 1060. The van der Waals surface area contributed by atoms with Gasteiger partial charge in [0.15, 0.2) is 11.5 Å². The van der Waals surface area contributed by atoms with E-state index < -0.39 is 0 Å². The molecule has 0 saturated carbocycles. The van der Waals surface area contributed by atoms with Crippen LogP contribution in [0, 0.1) is 5.82 Å². The van der Waals surface area contributed by atoms with E-state index in [9.17, 15) is 9.18 Å². The van der Waals surface area contributed by atoms with Gasteiger partial charge in [-0.05, 0) is 73.5 Å². The summed E-state index contributed by atoms with van der Waals surface area (Å²) in [4.78, 5) is 21.3. The number of carbonyl (C=O) groups excluding carboxylic acids is 1. The standard InChI is InChI=1S/C26H28FN3O3/c1-2-32-25-18-21(4-9-24(25)33-19-20-10-12-28-13-11-20)26(31)30-15-3-14-29(16-17-30)23-7-5-22(27)6-8-23/h4-13,18H,2-3,14-17,19H2,1H3. The molecular formula is C26H28FN3O3. The van der Waals surface area contributed by atoms with Crippen LogP contribution in [0.1, 0.15) is 29.3 Å². The second-order valence-electron chi connectivity index (χ2n) is 7.85. The van der Waals surface area contributed by atoms with Gasteiger partial charge < -0.3 is 19.3 Å². The molecule has 6 nitrogen and oxygen atoms in total. The summed E-state index contributed by atoms with van der Waals surface area (Å²) in [6, 6.07) is 15.6. The number of anilines is 1. The minimum absolute atomic E-state index is 0.0300. The van der Waals surface area contributed by atoms with Crippen LogP contribution in [0.4, 0.5) is 10.1 Å². The predicted octanol–water partition coefficient (Wildman–Crippen LogP) is 4.55. The smallest absolute Gasteiger partial charge is 0.254 e. The molecule has 1 aromatic heterocycles. The van der Waals surface area contributed by atoms with Crippen LogP contribution in [0.2, 0.25) is 0 Å². The van der Waals surface area contributed by atoms with E-state index in [1.807, 2.05) is 24.0 Å². The first-order chi connectivity index (χ1) is 16.1. The fraction of sp³-hybridized carbons (Fsp3) is 0.308. The highest BCUT2D eigenvalue weighted by atomic mass is 19.1. The van der Waals surface area contributed by atoms with Crippen LogP contribution in [0.3, 0.4) is 0 Å². The molecule has 172 valence electrons. The fourth-order valence-corrected chi connectivity index (χ4v) is 3.88. The zero-order valence-electron chi connectivity index (χ0n) is 18.7. The van der Waals surface area contributed by atoms with Gasteiger partial charge in [0.25, 0.3) is 5.91 Å². The van der Waals surface area contributed by atoms with Crippen molar-refractivity contribution < 1.29 is 18.7 Å². The number of benzene rings is 2. The van der Waals surface area contributed by atoms with Gasteiger partial charge >= 0.3 is 0 Å². The van der Waals surface area contributed by atoms with Crippen molar-refractivity contribution in [3.63, 3.8) is 0 Å². The molecule has 0 bridgehead atoms. The summed E-state index contributed by atoms with van der Waals surface area (Å²) in [6.07, 6.45) is 4.29. The maximum atomic E-state index is 13.2. The summed E-state index contributed by atoms with van der Waals surface area (Å²) in [5, 5.41) is 0. The first-order valence-electron chi connectivity index (χ1n) is 11.2. The number of aromatic nitrogens is 1. The number of pyridine rings is 1. The second-order valence-corrected chi connectivity index (χ2v) is 7.85. The molecule has 33 heavy (non-hydrogen) atoms. The molecule has 0 spiro atoms. The third-order valence-corrected chi connectivity index (χ3v) is 5.61. The van der Waals surface area contributed by atoms with Crippen molar-refractivity contribution in [1.29, 1.82) is 0 Å². The Morgan fingerprint density at radius 1 is 0.939 bits per heavy atom.